The monoisotopic (exact) mass is 577 g/mol. The number of anilines is 1. The molecule has 0 aliphatic carbocycles. The lowest BCUT2D eigenvalue weighted by Gasteiger charge is -2.38. The molecule has 40 heavy (non-hydrogen) atoms. The van der Waals surface area contributed by atoms with Crippen LogP contribution >= 0.6 is 0 Å². The van der Waals surface area contributed by atoms with Crippen LogP contribution in [0.2, 0.25) is 0 Å². The fraction of sp³-hybridized carbons (Fsp3) is 0.556. The highest BCUT2D eigenvalue weighted by Gasteiger charge is 2.73. The Morgan fingerprint density at radius 1 is 1.00 bits per heavy atom. The van der Waals surface area contributed by atoms with E-state index < -0.39 is 59.5 Å². The fourth-order valence-corrected chi connectivity index (χ4v) is 4.60. The molecule has 0 aliphatic heterocycles. The average Bonchev–Trinajstić information content (AvgIpc) is 3.07. The molecule has 0 radical (unpaired) electrons. The summed E-state index contributed by atoms with van der Waals surface area (Å²) in [6.45, 7) is 10.6. The van der Waals surface area contributed by atoms with Crippen LogP contribution in [-0.2, 0) is 32.8 Å². The third-order valence-electron chi connectivity index (χ3n) is 6.49. The summed E-state index contributed by atoms with van der Waals surface area (Å²) in [7, 11) is 0.331. The summed E-state index contributed by atoms with van der Waals surface area (Å²) in [6.07, 6.45) is -12.4. The van der Waals surface area contributed by atoms with Gasteiger partial charge in [0.1, 0.15) is 0 Å². The highest BCUT2D eigenvalue weighted by atomic mass is 19.4. The molecule has 0 aliphatic rings. The summed E-state index contributed by atoms with van der Waals surface area (Å²) < 4.78 is 89.8. The molecule has 0 N–H and O–H groups in total. The Balaban J connectivity index is 2.79. The van der Waals surface area contributed by atoms with Crippen LogP contribution in [0, 0.1) is 25.7 Å². The van der Waals surface area contributed by atoms with Gasteiger partial charge in [0.15, 0.2) is 0 Å². The van der Waals surface area contributed by atoms with Gasteiger partial charge in [-0.3, -0.25) is 19.3 Å². The molecule has 13 heteroatoms. The second-order valence-electron chi connectivity index (χ2n) is 10.3. The van der Waals surface area contributed by atoms with Gasteiger partial charge in [0.2, 0.25) is 17.7 Å². The Bertz CT molecular complexity index is 1260. The number of alkyl halides is 6. The molecule has 2 amide bonds. The standard InChI is InChI=1S/C27H33F6N3O4/c1-14(2)11-19-12-20(9-10-22(19)25(40-8,26(28,29)30)27(31,32)33)35(24(39)15(3)4)23(38)13-21-16(5)34-36(17(21)6)18(7)37/h9-10,12,14-15H,11,13H2,1-8H3. The number of hydrogen-bond donors (Lipinski definition) is 0. The molecule has 1 aromatic heterocycles. The number of carbonyl (C=O) groups is 3. The second kappa shape index (κ2) is 11.7. The van der Waals surface area contributed by atoms with E-state index >= 15 is 0 Å². The zero-order chi connectivity index (χ0) is 31.0. The van der Waals surface area contributed by atoms with Crippen LogP contribution in [0.1, 0.15) is 67.5 Å². The minimum absolute atomic E-state index is 0.188. The topological polar surface area (TPSA) is 81.5 Å². The zero-order valence-corrected chi connectivity index (χ0v) is 23.5. The first-order valence-electron chi connectivity index (χ1n) is 12.5. The van der Waals surface area contributed by atoms with Gasteiger partial charge in [-0.25, -0.2) is 4.68 Å². The minimum Gasteiger partial charge on any atom is -0.357 e. The number of carbonyl (C=O) groups excluding carboxylic acids is 3. The fourth-order valence-electron chi connectivity index (χ4n) is 4.60. The molecule has 0 bridgehead atoms. The molecule has 0 unspecified atom stereocenters. The number of imide groups is 1. The van der Waals surface area contributed by atoms with Gasteiger partial charge in [-0.15, -0.1) is 0 Å². The smallest absolute Gasteiger partial charge is 0.357 e. The summed E-state index contributed by atoms with van der Waals surface area (Å²) >= 11 is 0. The summed E-state index contributed by atoms with van der Waals surface area (Å²) in [5.41, 5.74) is -5.28. The normalized spacial score (nSPS) is 12.8. The van der Waals surface area contributed by atoms with E-state index in [1.807, 2.05) is 0 Å². The van der Waals surface area contributed by atoms with Gasteiger partial charge in [-0.1, -0.05) is 33.8 Å². The van der Waals surface area contributed by atoms with E-state index in [2.05, 4.69) is 9.84 Å². The molecule has 2 aromatic rings. The Kier molecular flexibility index (Phi) is 9.66. The summed E-state index contributed by atoms with van der Waals surface area (Å²) in [6, 6.07) is 2.48. The maximum atomic E-state index is 14.1. The van der Waals surface area contributed by atoms with Crippen LogP contribution < -0.4 is 4.90 Å². The molecule has 0 saturated heterocycles. The van der Waals surface area contributed by atoms with Crippen molar-refractivity contribution in [3.63, 3.8) is 0 Å². The van der Waals surface area contributed by atoms with Crippen LogP contribution in [0.4, 0.5) is 32.0 Å². The van der Waals surface area contributed by atoms with Gasteiger partial charge in [0.25, 0.3) is 5.60 Å². The van der Waals surface area contributed by atoms with Crippen LogP contribution in [0.25, 0.3) is 0 Å². The number of aromatic nitrogens is 2. The maximum absolute atomic E-state index is 14.1. The van der Waals surface area contributed by atoms with Gasteiger partial charge in [-0.2, -0.15) is 31.4 Å². The Morgan fingerprint density at radius 2 is 1.55 bits per heavy atom. The SMILES string of the molecule is COC(c1ccc(N(C(=O)Cc2c(C)nn(C(C)=O)c2C)C(=O)C(C)C)cc1CC(C)C)(C(F)(F)F)C(F)(F)F. The van der Waals surface area contributed by atoms with Crippen LogP contribution in [0.3, 0.4) is 0 Å². The van der Waals surface area contributed by atoms with Crippen molar-refractivity contribution >= 4 is 23.4 Å². The third-order valence-corrected chi connectivity index (χ3v) is 6.49. The average molecular weight is 578 g/mol. The van der Waals surface area contributed by atoms with E-state index in [4.69, 9.17) is 0 Å². The van der Waals surface area contributed by atoms with Gasteiger partial charge < -0.3 is 4.74 Å². The lowest BCUT2D eigenvalue weighted by atomic mass is 9.84. The van der Waals surface area contributed by atoms with E-state index in [1.54, 1.807) is 27.7 Å². The third kappa shape index (κ3) is 6.08. The molecule has 1 heterocycles. The van der Waals surface area contributed by atoms with Crippen molar-refractivity contribution < 1.29 is 45.5 Å². The number of nitrogens with zero attached hydrogens (tertiary/aromatic N) is 3. The van der Waals surface area contributed by atoms with E-state index in [-0.39, 0.29) is 17.7 Å². The second-order valence-corrected chi connectivity index (χ2v) is 10.3. The van der Waals surface area contributed by atoms with Crippen molar-refractivity contribution in [3.8, 4) is 0 Å². The van der Waals surface area contributed by atoms with Crippen LogP contribution in [0.5, 0.6) is 0 Å². The Morgan fingerprint density at radius 3 is 1.95 bits per heavy atom. The lowest BCUT2D eigenvalue weighted by molar-refractivity contribution is -0.383. The molecule has 2 rings (SSSR count). The summed E-state index contributed by atoms with van der Waals surface area (Å²) in [4.78, 5) is 39.3. The number of amides is 2. The molecule has 1 aromatic carbocycles. The van der Waals surface area contributed by atoms with Gasteiger partial charge in [-0.05, 0) is 43.9 Å². The zero-order valence-electron chi connectivity index (χ0n) is 23.5. The first-order chi connectivity index (χ1) is 18.2. The summed E-state index contributed by atoms with van der Waals surface area (Å²) in [5, 5.41) is 4.10. The van der Waals surface area contributed by atoms with Crippen molar-refractivity contribution in [2.24, 2.45) is 11.8 Å². The largest absolute Gasteiger partial charge is 0.430 e. The number of benzene rings is 1. The van der Waals surface area contributed by atoms with Crippen molar-refractivity contribution in [2.75, 3.05) is 12.0 Å². The number of aryl methyl sites for hydroxylation is 1. The number of hydrogen-bond acceptors (Lipinski definition) is 5. The highest BCUT2D eigenvalue weighted by molar-refractivity contribution is 6.16. The minimum atomic E-state index is -5.87. The van der Waals surface area contributed by atoms with E-state index in [1.165, 1.54) is 20.8 Å². The molecule has 0 saturated carbocycles. The first-order valence-corrected chi connectivity index (χ1v) is 12.5. The van der Waals surface area contributed by atoms with Crippen molar-refractivity contribution in [2.45, 2.75) is 79.3 Å². The molecular formula is C27H33F6N3O4. The maximum Gasteiger partial charge on any atom is 0.430 e. The van der Waals surface area contributed by atoms with Crippen LogP contribution in [-0.4, -0.2) is 47.0 Å². The molecule has 0 spiro atoms. The van der Waals surface area contributed by atoms with Crippen molar-refractivity contribution in [1.82, 2.24) is 9.78 Å². The molecule has 0 atom stereocenters. The first kappa shape index (κ1) is 33.0. The van der Waals surface area contributed by atoms with E-state index in [9.17, 15) is 40.7 Å². The van der Waals surface area contributed by atoms with Gasteiger partial charge >= 0.3 is 12.4 Å². The molecule has 222 valence electrons. The quantitative estimate of drug-likeness (QED) is 0.355. The van der Waals surface area contributed by atoms with E-state index in [0.717, 1.165) is 21.7 Å². The number of halogens is 6. The number of methoxy groups -OCH3 is 1. The molecule has 0 fully saturated rings. The predicted octanol–water partition coefficient (Wildman–Crippen LogP) is 6.08. The van der Waals surface area contributed by atoms with Gasteiger partial charge in [0, 0.05) is 36.8 Å². The Hall–Kier alpha value is -3.22. The predicted molar refractivity (Wildman–Crippen MR) is 135 cm³/mol. The van der Waals surface area contributed by atoms with E-state index in [0.29, 0.717) is 30.1 Å². The lowest BCUT2D eigenvalue weighted by Crippen LogP contribution is -2.56. The Labute approximate surface area is 228 Å². The highest BCUT2D eigenvalue weighted by Crippen LogP contribution is 2.54. The van der Waals surface area contributed by atoms with Crippen molar-refractivity contribution in [1.29, 1.82) is 0 Å². The van der Waals surface area contributed by atoms with Crippen molar-refractivity contribution in [3.05, 3.63) is 46.3 Å². The molecular weight excluding hydrogens is 544 g/mol. The van der Waals surface area contributed by atoms with Gasteiger partial charge in [0.05, 0.1) is 17.8 Å². The molecule has 7 nitrogen and oxygen atoms in total. The van der Waals surface area contributed by atoms with Crippen LogP contribution in [0.15, 0.2) is 18.2 Å². The number of rotatable bonds is 8. The summed E-state index contributed by atoms with van der Waals surface area (Å²) in [5.74, 6) is -3.05. The number of ether oxygens (including phenoxy) is 1.